The number of rotatable bonds is 3. The minimum atomic E-state index is -3.94. The van der Waals surface area contributed by atoms with E-state index < -0.39 is 29.7 Å². The van der Waals surface area contributed by atoms with E-state index in [2.05, 4.69) is 0 Å². The average Bonchev–Trinajstić information content (AvgIpc) is 2.53. The van der Waals surface area contributed by atoms with Gasteiger partial charge < -0.3 is 9.84 Å². The Balaban J connectivity index is 0.00000151. The Morgan fingerprint density at radius 3 is 2.24 bits per heavy atom. The molecule has 3 nitrogen and oxygen atoms in total. The molecule has 0 saturated heterocycles. The number of aliphatic carboxylic acids is 1. The van der Waals surface area contributed by atoms with E-state index in [0.717, 1.165) is 11.6 Å². The summed E-state index contributed by atoms with van der Waals surface area (Å²) in [5, 5.41) is 9.16. The molecule has 1 N–H and O–H groups in total. The SMILES string of the molecule is CC(F)C(F)(F)C1Oc2cc(C(C)(C)C)ccc2C=C1C(=O)O.CF. The van der Waals surface area contributed by atoms with Crippen molar-refractivity contribution in [2.24, 2.45) is 0 Å². The van der Waals surface area contributed by atoms with Crippen molar-refractivity contribution in [1.29, 1.82) is 0 Å². The van der Waals surface area contributed by atoms with Crippen LogP contribution in [0.15, 0.2) is 23.8 Å². The first-order chi connectivity index (χ1) is 11.4. The standard InChI is InChI=1S/C17H19F3O3.CH3F/c1-9(18)17(19,20)14-12(15(21)22)7-10-5-6-11(16(2,3)4)8-13(10)23-14;1-2/h5-9,14H,1-4H3,(H,21,22);1H3. The van der Waals surface area contributed by atoms with Gasteiger partial charge in [-0.25, -0.2) is 9.18 Å². The highest BCUT2D eigenvalue weighted by Crippen LogP contribution is 2.40. The molecule has 0 fully saturated rings. The number of halogens is 4. The third-order valence-electron chi connectivity index (χ3n) is 3.84. The number of ether oxygens (including phenoxy) is 1. The Kier molecular flexibility index (Phi) is 6.26. The van der Waals surface area contributed by atoms with Crippen LogP contribution in [0.5, 0.6) is 5.75 Å². The third-order valence-corrected chi connectivity index (χ3v) is 3.84. The second kappa shape index (κ2) is 7.45. The number of hydrogen-bond donors (Lipinski definition) is 1. The molecule has 2 atom stereocenters. The van der Waals surface area contributed by atoms with Crippen molar-refractivity contribution in [3.05, 3.63) is 34.9 Å². The van der Waals surface area contributed by atoms with Crippen molar-refractivity contribution in [3.63, 3.8) is 0 Å². The van der Waals surface area contributed by atoms with Crippen molar-refractivity contribution in [2.45, 2.75) is 51.3 Å². The van der Waals surface area contributed by atoms with Crippen LogP contribution in [0.4, 0.5) is 17.6 Å². The molecule has 0 bridgehead atoms. The molecule has 0 aromatic heterocycles. The number of hydrogen-bond acceptors (Lipinski definition) is 2. The summed E-state index contributed by atoms with van der Waals surface area (Å²) in [6.45, 7) is 6.54. The summed E-state index contributed by atoms with van der Waals surface area (Å²) in [5.74, 6) is -5.37. The maximum atomic E-state index is 14.1. The maximum Gasteiger partial charge on any atom is 0.335 e. The Morgan fingerprint density at radius 2 is 1.80 bits per heavy atom. The fraction of sp³-hybridized carbons (Fsp3) is 0.500. The van der Waals surface area contributed by atoms with Gasteiger partial charge in [-0.1, -0.05) is 32.9 Å². The lowest BCUT2D eigenvalue weighted by molar-refractivity contribution is -0.146. The van der Waals surface area contributed by atoms with Crippen molar-refractivity contribution in [1.82, 2.24) is 0 Å². The average molecular weight is 362 g/mol. The predicted molar refractivity (Wildman–Crippen MR) is 87.7 cm³/mol. The predicted octanol–water partition coefficient (Wildman–Crippen LogP) is 4.79. The molecule has 0 amide bonds. The summed E-state index contributed by atoms with van der Waals surface area (Å²) in [7, 11) is 0.500. The zero-order chi connectivity index (χ0) is 19.6. The van der Waals surface area contributed by atoms with Crippen LogP contribution in [0.2, 0.25) is 0 Å². The summed E-state index contributed by atoms with van der Waals surface area (Å²) in [4.78, 5) is 11.3. The highest BCUT2D eigenvalue weighted by Gasteiger charge is 2.52. The fourth-order valence-electron chi connectivity index (χ4n) is 2.32. The molecule has 1 heterocycles. The Bertz CT molecular complexity index is 661. The van der Waals surface area contributed by atoms with Crippen molar-refractivity contribution >= 4 is 12.0 Å². The van der Waals surface area contributed by atoms with E-state index in [1.54, 1.807) is 18.2 Å². The molecule has 1 aromatic rings. The largest absolute Gasteiger partial charge is 0.478 e. The molecule has 1 aliphatic rings. The highest BCUT2D eigenvalue weighted by atomic mass is 19.3. The topological polar surface area (TPSA) is 46.5 Å². The number of fused-ring (bicyclic) bond motifs is 1. The van der Waals surface area contributed by atoms with Gasteiger partial charge in [-0.15, -0.1) is 0 Å². The monoisotopic (exact) mass is 362 g/mol. The molecule has 0 saturated carbocycles. The minimum absolute atomic E-state index is 0.132. The lowest BCUT2D eigenvalue weighted by Crippen LogP contribution is -2.48. The number of carboxylic acids is 1. The smallest absolute Gasteiger partial charge is 0.335 e. The van der Waals surface area contributed by atoms with E-state index in [9.17, 15) is 22.4 Å². The van der Waals surface area contributed by atoms with Crippen LogP contribution in [-0.2, 0) is 10.2 Å². The maximum absolute atomic E-state index is 14.1. The molecule has 0 radical (unpaired) electrons. The minimum Gasteiger partial charge on any atom is -0.478 e. The molecule has 1 aromatic carbocycles. The lowest BCUT2D eigenvalue weighted by Gasteiger charge is -2.33. The van der Waals surface area contributed by atoms with E-state index in [0.29, 0.717) is 19.7 Å². The van der Waals surface area contributed by atoms with Crippen molar-refractivity contribution < 1.29 is 32.2 Å². The Morgan fingerprint density at radius 1 is 1.24 bits per heavy atom. The van der Waals surface area contributed by atoms with Gasteiger partial charge in [0.05, 0.1) is 12.8 Å². The third kappa shape index (κ3) is 4.32. The van der Waals surface area contributed by atoms with Gasteiger partial charge in [0.15, 0.2) is 12.3 Å². The number of carbonyl (C=O) groups is 1. The van der Waals surface area contributed by atoms with Crippen LogP contribution in [-0.4, -0.2) is 36.5 Å². The van der Waals surface area contributed by atoms with Gasteiger partial charge in [-0.3, -0.25) is 4.39 Å². The zero-order valence-corrected chi connectivity index (χ0v) is 14.7. The van der Waals surface area contributed by atoms with Gasteiger partial charge in [0.2, 0.25) is 0 Å². The van der Waals surface area contributed by atoms with E-state index in [-0.39, 0.29) is 11.2 Å². The summed E-state index contributed by atoms with van der Waals surface area (Å²) >= 11 is 0. The molecular weight excluding hydrogens is 340 g/mol. The fourth-order valence-corrected chi connectivity index (χ4v) is 2.32. The van der Waals surface area contributed by atoms with E-state index in [1.165, 1.54) is 0 Å². The van der Waals surface area contributed by atoms with E-state index in [1.807, 2.05) is 20.8 Å². The molecule has 140 valence electrons. The summed E-state index contributed by atoms with van der Waals surface area (Å²) in [6.07, 6.45) is -3.58. The normalized spacial score (nSPS) is 18.1. The molecule has 0 aliphatic carbocycles. The molecule has 1 aliphatic heterocycles. The zero-order valence-electron chi connectivity index (χ0n) is 14.7. The van der Waals surface area contributed by atoms with Gasteiger partial charge in [-0.2, -0.15) is 8.78 Å². The molecule has 7 heteroatoms. The van der Waals surface area contributed by atoms with Crippen molar-refractivity contribution in [2.75, 3.05) is 7.18 Å². The summed E-state index contributed by atoms with van der Waals surface area (Å²) in [6, 6.07) is 5.00. The van der Waals surface area contributed by atoms with Gasteiger partial charge >= 0.3 is 11.9 Å². The quantitative estimate of drug-likeness (QED) is 0.787. The number of benzene rings is 1. The van der Waals surface area contributed by atoms with E-state index in [4.69, 9.17) is 9.84 Å². The number of alkyl halides is 4. The lowest BCUT2D eigenvalue weighted by atomic mass is 9.85. The summed E-state index contributed by atoms with van der Waals surface area (Å²) < 4.78 is 56.2. The second-order valence-corrected chi connectivity index (χ2v) is 6.70. The van der Waals surface area contributed by atoms with Crippen molar-refractivity contribution in [3.8, 4) is 5.75 Å². The van der Waals surface area contributed by atoms with E-state index >= 15 is 0 Å². The van der Waals surface area contributed by atoms with Crippen LogP contribution >= 0.6 is 0 Å². The van der Waals surface area contributed by atoms with Gasteiger partial charge in [0, 0.05) is 5.56 Å². The highest BCUT2D eigenvalue weighted by molar-refractivity contribution is 5.95. The first kappa shape index (κ1) is 21.0. The summed E-state index contributed by atoms with van der Waals surface area (Å²) in [5.41, 5.74) is 0.337. The molecule has 2 unspecified atom stereocenters. The van der Waals surface area contributed by atoms with Crippen LogP contribution in [0, 0.1) is 0 Å². The molecule has 25 heavy (non-hydrogen) atoms. The molecule has 0 spiro atoms. The van der Waals surface area contributed by atoms with Crippen LogP contribution in [0.3, 0.4) is 0 Å². The second-order valence-electron chi connectivity index (χ2n) is 6.70. The van der Waals surface area contributed by atoms with Gasteiger partial charge in [0.1, 0.15) is 5.75 Å². The Labute approximate surface area is 144 Å². The molecular formula is C18H22F4O3. The van der Waals surface area contributed by atoms with Crippen LogP contribution in [0.1, 0.15) is 38.8 Å². The number of carboxylic acid groups (broad SMARTS) is 1. The van der Waals surface area contributed by atoms with Crippen LogP contribution in [0.25, 0.3) is 6.08 Å². The Hall–Kier alpha value is -2.05. The molecule has 2 rings (SSSR count). The first-order valence-corrected chi connectivity index (χ1v) is 7.60. The van der Waals surface area contributed by atoms with Gasteiger partial charge in [0.25, 0.3) is 0 Å². The first-order valence-electron chi connectivity index (χ1n) is 7.60. The van der Waals surface area contributed by atoms with Gasteiger partial charge in [-0.05, 0) is 30.0 Å². The van der Waals surface area contributed by atoms with Crippen LogP contribution < -0.4 is 4.74 Å².